The van der Waals surface area contributed by atoms with Gasteiger partial charge >= 0.3 is 0 Å². The molecule has 138 valence electrons. The SMILES string of the molecule is NC(=O)[C@H]1CCCN1c1ncnc(Nc2cccc(CS(N)(=O)=O)c2)n1. The van der Waals surface area contributed by atoms with E-state index in [-0.39, 0.29) is 11.7 Å². The number of benzene rings is 1. The molecule has 5 N–H and O–H groups in total. The van der Waals surface area contributed by atoms with Crippen molar-refractivity contribution >= 4 is 33.5 Å². The Morgan fingerprint density at radius 3 is 2.88 bits per heavy atom. The Morgan fingerprint density at radius 1 is 1.35 bits per heavy atom. The van der Waals surface area contributed by atoms with E-state index in [9.17, 15) is 13.2 Å². The molecule has 0 bridgehead atoms. The number of hydrogen-bond donors (Lipinski definition) is 3. The number of primary sulfonamides is 1. The van der Waals surface area contributed by atoms with Gasteiger partial charge in [-0.05, 0) is 30.5 Å². The second-order valence-corrected chi connectivity index (χ2v) is 7.61. The van der Waals surface area contributed by atoms with Crippen LogP contribution in [0.3, 0.4) is 0 Å². The highest BCUT2D eigenvalue weighted by Crippen LogP contribution is 2.23. The van der Waals surface area contributed by atoms with Crippen LogP contribution >= 0.6 is 0 Å². The number of anilines is 3. The molecule has 1 atom stereocenters. The zero-order valence-electron chi connectivity index (χ0n) is 13.9. The molecule has 0 aliphatic carbocycles. The van der Waals surface area contributed by atoms with Gasteiger partial charge in [-0.15, -0.1) is 0 Å². The van der Waals surface area contributed by atoms with E-state index in [0.29, 0.717) is 30.2 Å². The minimum Gasteiger partial charge on any atom is -0.368 e. The van der Waals surface area contributed by atoms with Crippen molar-refractivity contribution in [2.45, 2.75) is 24.6 Å². The Morgan fingerprint density at radius 2 is 2.15 bits per heavy atom. The maximum absolute atomic E-state index is 11.5. The maximum atomic E-state index is 11.5. The van der Waals surface area contributed by atoms with Crippen molar-refractivity contribution < 1.29 is 13.2 Å². The molecule has 1 aromatic heterocycles. The second-order valence-electron chi connectivity index (χ2n) is 6.00. The highest BCUT2D eigenvalue weighted by Gasteiger charge is 2.31. The van der Waals surface area contributed by atoms with Crippen LogP contribution in [0.25, 0.3) is 0 Å². The minimum atomic E-state index is -3.62. The number of nitrogens with two attached hydrogens (primary N) is 2. The summed E-state index contributed by atoms with van der Waals surface area (Å²) in [5.74, 6) is -0.0329. The van der Waals surface area contributed by atoms with Gasteiger partial charge in [-0.2, -0.15) is 4.98 Å². The quantitative estimate of drug-likeness (QED) is 0.627. The predicted octanol–water partition coefficient (Wildman–Crippen LogP) is -0.142. The molecule has 1 aliphatic rings. The first-order valence-corrected chi connectivity index (χ1v) is 9.65. The van der Waals surface area contributed by atoms with Crippen molar-refractivity contribution in [3.05, 3.63) is 36.2 Å². The van der Waals surface area contributed by atoms with E-state index in [2.05, 4.69) is 20.3 Å². The average molecular weight is 377 g/mol. The van der Waals surface area contributed by atoms with E-state index in [1.807, 2.05) is 0 Å². The van der Waals surface area contributed by atoms with E-state index in [4.69, 9.17) is 10.9 Å². The van der Waals surface area contributed by atoms with Crippen LogP contribution in [0, 0.1) is 0 Å². The number of nitrogens with one attached hydrogen (secondary N) is 1. The van der Waals surface area contributed by atoms with Crippen molar-refractivity contribution in [1.29, 1.82) is 0 Å². The van der Waals surface area contributed by atoms with Gasteiger partial charge in [0.1, 0.15) is 12.4 Å². The summed E-state index contributed by atoms with van der Waals surface area (Å²) in [4.78, 5) is 25.8. The van der Waals surface area contributed by atoms with Crippen molar-refractivity contribution in [1.82, 2.24) is 15.0 Å². The lowest BCUT2D eigenvalue weighted by Gasteiger charge is -2.21. The van der Waals surface area contributed by atoms with Gasteiger partial charge in [0.15, 0.2) is 0 Å². The summed E-state index contributed by atoms with van der Waals surface area (Å²) in [6, 6.07) is 6.34. The number of aromatic nitrogens is 3. The fourth-order valence-electron chi connectivity index (χ4n) is 2.89. The van der Waals surface area contributed by atoms with E-state index < -0.39 is 22.0 Å². The number of primary amides is 1. The molecule has 1 saturated heterocycles. The number of amides is 1. The molecule has 1 amide bonds. The van der Waals surface area contributed by atoms with Crippen LogP contribution in [0.5, 0.6) is 0 Å². The van der Waals surface area contributed by atoms with Gasteiger partial charge < -0.3 is 16.0 Å². The number of carbonyl (C=O) groups excluding carboxylic acids is 1. The zero-order valence-corrected chi connectivity index (χ0v) is 14.7. The Balaban J connectivity index is 1.79. The first-order chi connectivity index (χ1) is 12.3. The number of hydrogen-bond acceptors (Lipinski definition) is 8. The van der Waals surface area contributed by atoms with Crippen molar-refractivity contribution in [3.63, 3.8) is 0 Å². The van der Waals surface area contributed by atoms with Crippen LogP contribution in [0.15, 0.2) is 30.6 Å². The molecule has 10 nitrogen and oxygen atoms in total. The van der Waals surface area contributed by atoms with Gasteiger partial charge in [-0.3, -0.25) is 4.79 Å². The summed E-state index contributed by atoms with van der Waals surface area (Å²) in [6.07, 6.45) is 2.84. The highest BCUT2D eigenvalue weighted by atomic mass is 32.2. The van der Waals surface area contributed by atoms with Gasteiger partial charge in [0.25, 0.3) is 0 Å². The Bertz CT molecular complexity index is 919. The summed E-state index contributed by atoms with van der Waals surface area (Å²) in [7, 11) is -3.62. The monoisotopic (exact) mass is 377 g/mol. The topological polar surface area (TPSA) is 157 Å². The summed E-state index contributed by atoms with van der Waals surface area (Å²) in [5, 5.41) is 8.07. The third kappa shape index (κ3) is 4.43. The number of carbonyl (C=O) groups is 1. The van der Waals surface area contributed by atoms with Crippen LogP contribution in [0.1, 0.15) is 18.4 Å². The molecule has 0 spiro atoms. The normalized spacial score (nSPS) is 17.3. The van der Waals surface area contributed by atoms with Gasteiger partial charge in [-0.25, -0.2) is 23.5 Å². The molecule has 1 fully saturated rings. The number of rotatable bonds is 6. The lowest BCUT2D eigenvalue weighted by atomic mass is 10.2. The smallest absolute Gasteiger partial charge is 0.240 e. The van der Waals surface area contributed by atoms with Gasteiger partial charge in [-0.1, -0.05) is 12.1 Å². The molecule has 0 saturated carbocycles. The molecular weight excluding hydrogens is 358 g/mol. The average Bonchev–Trinajstić information content (AvgIpc) is 3.04. The fourth-order valence-corrected chi connectivity index (χ4v) is 3.53. The summed E-state index contributed by atoms with van der Waals surface area (Å²) in [6.45, 7) is 0.640. The van der Waals surface area contributed by atoms with E-state index in [1.165, 1.54) is 6.33 Å². The van der Waals surface area contributed by atoms with E-state index in [0.717, 1.165) is 6.42 Å². The third-order valence-corrected chi connectivity index (χ3v) is 4.68. The molecule has 2 aromatic rings. The zero-order chi connectivity index (χ0) is 18.7. The van der Waals surface area contributed by atoms with E-state index in [1.54, 1.807) is 29.2 Å². The minimum absolute atomic E-state index is 0.265. The van der Waals surface area contributed by atoms with Gasteiger partial charge in [0.2, 0.25) is 27.8 Å². The summed E-state index contributed by atoms with van der Waals surface area (Å²) < 4.78 is 22.5. The molecule has 0 radical (unpaired) electrons. The molecule has 11 heteroatoms. The molecule has 3 rings (SSSR count). The van der Waals surface area contributed by atoms with Crippen molar-refractivity contribution in [3.8, 4) is 0 Å². The maximum Gasteiger partial charge on any atom is 0.240 e. The Hall–Kier alpha value is -2.79. The lowest BCUT2D eigenvalue weighted by Crippen LogP contribution is -2.41. The molecule has 26 heavy (non-hydrogen) atoms. The lowest BCUT2D eigenvalue weighted by molar-refractivity contribution is -0.119. The first kappa shape index (κ1) is 18.0. The van der Waals surface area contributed by atoms with Gasteiger partial charge in [0.05, 0.1) is 5.75 Å². The first-order valence-electron chi connectivity index (χ1n) is 7.93. The van der Waals surface area contributed by atoms with Gasteiger partial charge in [0, 0.05) is 12.2 Å². The largest absolute Gasteiger partial charge is 0.368 e. The van der Waals surface area contributed by atoms with E-state index >= 15 is 0 Å². The standard InChI is InChI=1S/C15H19N7O3S/c16-13(23)12-5-2-6-22(12)15-19-9-18-14(21-15)20-11-4-1-3-10(7-11)8-26(17,24)25/h1,3-4,7,9,12H,2,5-6,8H2,(H2,16,23)(H2,17,24,25)(H,18,19,20,21)/t12-/m1/s1. The summed E-state index contributed by atoms with van der Waals surface area (Å²) >= 11 is 0. The van der Waals surface area contributed by atoms with Crippen molar-refractivity contribution in [2.75, 3.05) is 16.8 Å². The van der Waals surface area contributed by atoms with Crippen LogP contribution in [0.2, 0.25) is 0 Å². The van der Waals surface area contributed by atoms with Crippen LogP contribution in [0.4, 0.5) is 17.6 Å². The summed E-state index contributed by atoms with van der Waals surface area (Å²) in [5.41, 5.74) is 6.58. The molecule has 0 unspecified atom stereocenters. The number of sulfonamides is 1. The Labute approximate surface area is 150 Å². The highest BCUT2D eigenvalue weighted by molar-refractivity contribution is 7.88. The number of nitrogens with zero attached hydrogens (tertiary/aromatic N) is 4. The third-order valence-electron chi connectivity index (χ3n) is 3.95. The predicted molar refractivity (Wildman–Crippen MR) is 95.9 cm³/mol. The molecule has 2 heterocycles. The van der Waals surface area contributed by atoms with Crippen LogP contribution < -0.4 is 21.1 Å². The molecule has 1 aromatic carbocycles. The molecule has 1 aliphatic heterocycles. The van der Waals surface area contributed by atoms with Crippen LogP contribution in [-0.2, 0) is 20.6 Å². The Kier molecular flexibility index (Phi) is 5.00. The second kappa shape index (κ2) is 7.22. The van der Waals surface area contributed by atoms with Crippen molar-refractivity contribution in [2.24, 2.45) is 10.9 Å². The fraction of sp³-hybridized carbons (Fsp3) is 0.333. The molecular formula is C15H19N7O3S. The van der Waals surface area contributed by atoms with Crippen LogP contribution in [-0.4, -0.2) is 41.9 Å².